The van der Waals surface area contributed by atoms with Gasteiger partial charge >= 0.3 is 4.87 Å². The van der Waals surface area contributed by atoms with E-state index in [4.69, 9.17) is 4.74 Å². The number of nitrogens with one attached hydrogen (secondary N) is 1. The van der Waals surface area contributed by atoms with Crippen molar-refractivity contribution in [1.82, 2.24) is 9.29 Å². The number of hydrogen-bond donors (Lipinski definition) is 1. The maximum absolute atomic E-state index is 12.6. The molecule has 1 N–H and O–H groups in total. The zero-order valence-corrected chi connectivity index (χ0v) is 16.2. The molecule has 0 unspecified atom stereocenters. The molecule has 0 fully saturated rings. The summed E-state index contributed by atoms with van der Waals surface area (Å²) in [6.07, 6.45) is 0.840. The van der Waals surface area contributed by atoms with E-state index >= 15 is 0 Å². The summed E-state index contributed by atoms with van der Waals surface area (Å²) in [5.41, 5.74) is 1.52. The Morgan fingerprint density at radius 1 is 1.19 bits per heavy atom. The van der Waals surface area contributed by atoms with Crippen molar-refractivity contribution in [3.8, 4) is 5.75 Å². The van der Waals surface area contributed by atoms with E-state index in [0.29, 0.717) is 17.0 Å². The Kier molecular flexibility index (Phi) is 5.45. The van der Waals surface area contributed by atoms with Crippen LogP contribution in [0.1, 0.15) is 18.9 Å². The largest absolute Gasteiger partial charge is 0.496 e. The Bertz CT molecular complexity index is 1080. The molecule has 0 bridgehead atoms. The van der Waals surface area contributed by atoms with Crippen molar-refractivity contribution >= 4 is 31.6 Å². The van der Waals surface area contributed by atoms with E-state index < -0.39 is 10.0 Å². The zero-order chi connectivity index (χ0) is 18.7. The van der Waals surface area contributed by atoms with Gasteiger partial charge in [0.25, 0.3) is 0 Å². The first-order chi connectivity index (χ1) is 12.5. The highest BCUT2D eigenvalue weighted by Gasteiger charge is 2.17. The lowest BCUT2D eigenvalue weighted by Crippen LogP contribution is -2.23. The number of ether oxygens (including phenoxy) is 1. The van der Waals surface area contributed by atoms with Crippen molar-refractivity contribution in [2.75, 3.05) is 7.11 Å². The smallest absolute Gasteiger partial charge is 0.308 e. The van der Waals surface area contributed by atoms with Crippen LogP contribution in [0.2, 0.25) is 0 Å². The topological polar surface area (TPSA) is 77.4 Å². The highest BCUT2D eigenvalue weighted by molar-refractivity contribution is 7.89. The Balaban J connectivity index is 1.88. The van der Waals surface area contributed by atoms with Crippen molar-refractivity contribution in [2.45, 2.75) is 31.3 Å². The van der Waals surface area contributed by atoms with Gasteiger partial charge in [0.15, 0.2) is 0 Å². The number of para-hydroxylation sites is 1. The average molecular weight is 393 g/mol. The number of nitrogens with zero attached hydrogens (tertiary/aromatic N) is 1. The Hall–Kier alpha value is -2.16. The quantitative estimate of drug-likeness (QED) is 0.671. The second kappa shape index (κ2) is 7.61. The summed E-state index contributed by atoms with van der Waals surface area (Å²) in [5, 5.41) is 0. The number of aryl methyl sites for hydroxylation is 1. The van der Waals surface area contributed by atoms with Gasteiger partial charge in [0.2, 0.25) is 10.0 Å². The van der Waals surface area contributed by atoms with Gasteiger partial charge in [-0.1, -0.05) is 36.5 Å². The maximum atomic E-state index is 12.6. The van der Waals surface area contributed by atoms with Crippen LogP contribution in [0.3, 0.4) is 0 Å². The van der Waals surface area contributed by atoms with E-state index in [1.54, 1.807) is 35.9 Å². The fourth-order valence-electron chi connectivity index (χ4n) is 2.75. The average Bonchev–Trinajstić information content (AvgIpc) is 2.95. The fraction of sp³-hybridized carbons (Fsp3) is 0.278. The lowest BCUT2D eigenvalue weighted by atomic mass is 10.2. The van der Waals surface area contributed by atoms with Gasteiger partial charge < -0.3 is 4.74 Å². The highest BCUT2D eigenvalue weighted by atomic mass is 32.2. The molecule has 1 heterocycles. The third kappa shape index (κ3) is 3.67. The summed E-state index contributed by atoms with van der Waals surface area (Å²) in [6.45, 7) is 2.74. The second-order valence-corrected chi connectivity index (χ2v) is 8.55. The van der Waals surface area contributed by atoms with Crippen LogP contribution in [0.5, 0.6) is 5.75 Å². The molecule has 0 aliphatic heterocycles. The number of sulfonamides is 1. The molecule has 3 rings (SSSR count). The van der Waals surface area contributed by atoms with Gasteiger partial charge in [0.05, 0.1) is 22.2 Å². The molecule has 0 spiro atoms. The van der Waals surface area contributed by atoms with Crippen LogP contribution < -0.4 is 14.3 Å². The first-order valence-corrected chi connectivity index (χ1v) is 10.5. The number of rotatable bonds is 7. The van der Waals surface area contributed by atoms with Crippen LogP contribution in [-0.4, -0.2) is 20.1 Å². The Morgan fingerprint density at radius 2 is 1.96 bits per heavy atom. The summed E-state index contributed by atoms with van der Waals surface area (Å²) in [4.78, 5) is 12.1. The molecule has 3 aromatic rings. The van der Waals surface area contributed by atoms with Gasteiger partial charge in [-0.05, 0) is 30.7 Å². The molecule has 138 valence electrons. The maximum Gasteiger partial charge on any atom is 0.308 e. The van der Waals surface area contributed by atoms with E-state index in [9.17, 15) is 13.2 Å². The molecule has 0 amide bonds. The minimum absolute atomic E-state index is 0.0709. The molecule has 0 aliphatic carbocycles. The predicted molar refractivity (Wildman–Crippen MR) is 103 cm³/mol. The van der Waals surface area contributed by atoms with Gasteiger partial charge in [-0.15, -0.1) is 0 Å². The van der Waals surface area contributed by atoms with Gasteiger partial charge in [-0.2, -0.15) is 0 Å². The fourth-order valence-corrected chi connectivity index (χ4v) is 4.82. The molecule has 0 radical (unpaired) electrons. The van der Waals surface area contributed by atoms with E-state index in [2.05, 4.69) is 4.72 Å². The normalized spacial score (nSPS) is 11.8. The number of thiazole rings is 1. The molecule has 26 heavy (non-hydrogen) atoms. The first kappa shape index (κ1) is 18.6. The second-order valence-electron chi connectivity index (χ2n) is 5.79. The molecule has 2 aromatic carbocycles. The first-order valence-electron chi connectivity index (χ1n) is 8.21. The van der Waals surface area contributed by atoms with Crippen molar-refractivity contribution < 1.29 is 13.2 Å². The van der Waals surface area contributed by atoms with E-state index in [1.165, 1.54) is 6.07 Å². The van der Waals surface area contributed by atoms with Gasteiger partial charge in [0, 0.05) is 18.7 Å². The summed E-state index contributed by atoms with van der Waals surface area (Å²) in [6, 6.07) is 12.0. The Labute approximate surface area is 156 Å². The van der Waals surface area contributed by atoms with Crippen LogP contribution in [-0.2, 0) is 23.1 Å². The number of fused-ring (bicyclic) bond motifs is 1. The van der Waals surface area contributed by atoms with E-state index in [0.717, 1.165) is 28.8 Å². The van der Waals surface area contributed by atoms with Crippen LogP contribution in [0.25, 0.3) is 10.2 Å². The van der Waals surface area contributed by atoms with Crippen molar-refractivity contribution in [1.29, 1.82) is 0 Å². The SMILES string of the molecule is CCCn1c(=O)sc2cc(S(=O)(=O)NCc3ccccc3OC)ccc21. The molecule has 0 atom stereocenters. The van der Waals surface area contributed by atoms with Gasteiger partial charge in [-0.3, -0.25) is 9.36 Å². The lowest BCUT2D eigenvalue weighted by molar-refractivity contribution is 0.409. The third-order valence-corrected chi connectivity index (χ3v) is 6.38. The Morgan fingerprint density at radius 3 is 2.69 bits per heavy atom. The lowest BCUT2D eigenvalue weighted by Gasteiger charge is -2.10. The summed E-state index contributed by atoms with van der Waals surface area (Å²) < 4.78 is 35.4. The molecular formula is C18H20N2O4S2. The number of aromatic nitrogens is 1. The van der Waals surface area contributed by atoms with Crippen molar-refractivity contribution in [2.24, 2.45) is 0 Å². The van der Waals surface area contributed by atoms with Crippen LogP contribution >= 0.6 is 11.3 Å². The van der Waals surface area contributed by atoms with Crippen LogP contribution in [0.15, 0.2) is 52.2 Å². The number of hydrogen-bond acceptors (Lipinski definition) is 5. The van der Waals surface area contributed by atoms with Crippen LogP contribution in [0.4, 0.5) is 0 Å². The molecule has 6 nitrogen and oxygen atoms in total. The van der Waals surface area contributed by atoms with E-state index in [-0.39, 0.29) is 16.3 Å². The third-order valence-electron chi connectivity index (χ3n) is 4.04. The number of methoxy groups -OCH3 is 1. The molecular weight excluding hydrogens is 372 g/mol. The van der Waals surface area contributed by atoms with E-state index in [1.807, 2.05) is 19.1 Å². The standard InChI is InChI=1S/C18H20N2O4S2/c1-3-10-20-15-9-8-14(11-17(15)25-18(20)21)26(22,23)19-12-13-6-4-5-7-16(13)24-2/h4-9,11,19H,3,10,12H2,1-2H3. The molecule has 0 saturated carbocycles. The molecule has 1 aromatic heterocycles. The van der Waals surface area contributed by atoms with Crippen LogP contribution in [0, 0.1) is 0 Å². The zero-order valence-electron chi connectivity index (χ0n) is 14.6. The monoisotopic (exact) mass is 392 g/mol. The highest BCUT2D eigenvalue weighted by Crippen LogP contribution is 2.23. The van der Waals surface area contributed by atoms with Crippen molar-refractivity contribution in [3.63, 3.8) is 0 Å². The number of benzene rings is 2. The molecule has 0 aliphatic rings. The molecule has 8 heteroatoms. The minimum atomic E-state index is -3.70. The van der Waals surface area contributed by atoms with Crippen molar-refractivity contribution in [3.05, 3.63) is 57.7 Å². The summed E-state index contributed by atoms with van der Waals surface area (Å²) in [5.74, 6) is 0.625. The predicted octanol–water partition coefficient (Wildman–Crippen LogP) is 2.96. The molecule has 0 saturated heterocycles. The summed E-state index contributed by atoms with van der Waals surface area (Å²) in [7, 11) is -2.16. The van der Waals surface area contributed by atoms with Gasteiger partial charge in [-0.25, -0.2) is 13.1 Å². The summed E-state index contributed by atoms with van der Waals surface area (Å²) >= 11 is 1.06. The minimum Gasteiger partial charge on any atom is -0.496 e. The van der Waals surface area contributed by atoms with Gasteiger partial charge in [0.1, 0.15) is 5.75 Å².